The van der Waals surface area contributed by atoms with Gasteiger partial charge in [-0.25, -0.2) is 0 Å². The molecule has 5 heteroatoms. The highest BCUT2D eigenvalue weighted by Gasteiger charge is 2.16. The molecule has 0 bridgehead atoms. The smallest absolute Gasteiger partial charge is 0.0802 e. The summed E-state index contributed by atoms with van der Waals surface area (Å²) in [5.74, 6) is 0. The molecular formula is C16H26ClNO3. The maximum atomic E-state index is 10.3. The molecule has 0 saturated heterocycles. The second-order valence-electron chi connectivity index (χ2n) is 5.19. The lowest BCUT2D eigenvalue weighted by atomic mass is 10.1. The topological polar surface area (TPSA) is 41.9 Å². The van der Waals surface area contributed by atoms with E-state index in [4.69, 9.17) is 21.1 Å². The number of aliphatic hydroxyl groups is 1. The Morgan fingerprint density at radius 1 is 1.24 bits per heavy atom. The molecule has 1 N–H and O–H groups in total. The molecule has 120 valence electrons. The Morgan fingerprint density at radius 2 is 2.00 bits per heavy atom. The Hall–Kier alpha value is -0.650. The molecule has 21 heavy (non-hydrogen) atoms. The molecule has 0 spiro atoms. The molecular weight excluding hydrogens is 290 g/mol. The zero-order valence-corrected chi connectivity index (χ0v) is 13.8. The van der Waals surface area contributed by atoms with Crippen molar-refractivity contribution in [2.24, 2.45) is 0 Å². The van der Waals surface area contributed by atoms with Crippen molar-refractivity contribution in [1.82, 2.24) is 4.90 Å². The minimum Gasteiger partial charge on any atom is -0.388 e. The molecule has 0 saturated carbocycles. The van der Waals surface area contributed by atoms with E-state index < -0.39 is 6.10 Å². The first-order valence-electron chi connectivity index (χ1n) is 7.24. The van der Waals surface area contributed by atoms with Crippen molar-refractivity contribution in [1.29, 1.82) is 0 Å². The predicted molar refractivity (Wildman–Crippen MR) is 85.8 cm³/mol. The quantitative estimate of drug-likeness (QED) is 0.721. The number of methoxy groups -OCH3 is 2. The Kier molecular flexibility index (Phi) is 8.88. The molecule has 2 atom stereocenters. The molecule has 1 aromatic carbocycles. The van der Waals surface area contributed by atoms with Crippen molar-refractivity contribution in [2.45, 2.75) is 25.5 Å². The average molecular weight is 316 g/mol. The number of aliphatic hydroxyl groups excluding tert-OH is 1. The van der Waals surface area contributed by atoms with E-state index in [0.29, 0.717) is 24.7 Å². The molecule has 1 rings (SSSR count). The largest absolute Gasteiger partial charge is 0.388 e. The number of halogens is 1. The van der Waals surface area contributed by atoms with Crippen LogP contribution in [0.1, 0.15) is 25.0 Å². The lowest BCUT2D eigenvalue weighted by molar-refractivity contribution is 0.0612. The third kappa shape index (κ3) is 6.76. The van der Waals surface area contributed by atoms with E-state index in [0.717, 1.165) is 18.7 Å². The number of hydrogen-bond donors (Lipinski definition) is 1. The van der Waals surface area contributed by atoms with E-state index in [9.17, 15) is 5.11 Å². The van der Waals surface area contributed by atoms with Gasteiger partial charge in [-0.05, 0) is 31.0 Å². The third-order valence-corrected chi connectivity index (χ3v) is 3.77. The van der Waals surface area contributed by atoms with Gasteiger partial charge in [0.05, 0.1) is 19.3 Å². The van der Waals surface area contributed by atoms with Gasteiger partial charge in [-0.3, -0.25) is 4.90 Å². The maximum Gasteiger partial charge on any atom is 0.0802 e. The molecule has 0 aliphatic rings. The van der Waals surface area contributed by atoms with E-state index in [2.05, 4.69) is 11.8 Å². The zero-order chi connectivity index (χ0) is 15.7. The van der Waals surface area contributed by atoms with Crippen LogP contribution in [0, 0.1) is 0 Å². The standard InChI is InChI=1S/C16H26ClNO3/c1-13(12-21-3)18(9-10-20-2)8-7-16(19)14-5-4-6-15(17)11-14/h4-6,11,13,16,19H,7-10,12H2,1-3H3. The van der Waals surface area contributed by atoms with Crippen molar-refractivity contribution in [2.75, 3.05) is 40.5 Å². The lowest BCUT2D eigenvalue weighted by Gasteiger charge is -2.29. The summed E-state index contributed by atoms with van der Waals surface area (Å²) in [4.78, 5) is 2.26. The molecule has 1 aromatic rings. The van der Waals surface area contributed by atoms with Crippen LogP contribution in [0.2, 0.25) is 5.02 Å². The first kappa shape index (κ1) is 18.4. The van der Waals surface area contributed by atoms with Crippen LogP contribution in [-0.2, 0) is 9.47 Å². The van der Waals surface area contributed by atoms with Gasteiger partial charge < -0.3 is 14.6 Å². The van der Waals surface area contributed by atoms with Gasteiger partial charge in [0.15, 0.2) is 0 Å². The van der Waals surface area contributed by atoms with Crippen LogP contribution in [0.5, 0.6) is 0 Å². The molecule has 4 nitrogen and oxygen atoms in total. The van der Waals surface area contributed by atoms with Crippen molar-refractivity contribution >= 4 is 11.6 Å². The fourth-order valence-electron chi connectivity index (χ4n) is 2.28. The highest BCUT2D eigenvalue weighted by Crippen LogP contribution is 2.21. The van der Waals surface area contributed by atoms with E-state index in [1.807, 2.05) is 24.3 Å². The van der Waals surface area contributed by atoms with Crippen LogP contribution >= 0.6 is 11.6 Å². The highest BCUT2D eigenvalue weighted by molar-refractivity contribution is 6.30. The molecule has 0 aliphatic heterocycles. The monoisotopic (exact) mass is 315 g/mol. The van der Waals surface area contributed by atoms with Crippen LogP contribution in [-0.4, -0.2) is 56.6 Å². The zero-order valence-electron chi connectivity index (χ0n) is 13.1. The first-order chi connectivity index (χ1) is 10.1. The summed E-state index contributed by atoms with van der Waals surface area (Å²) >= 11 is 5.96. The summed E-state index contributed by atoms with van der Waals surface area (Å²) in [6.07, 6.45) is 0.140. The Bertz CT molecular complexity index is 403. The average Bonchev–Trinajstić information content (AvgIpc) is 2.47. The number of hydrogen-bond acceptors (Lipinski definition) is 4. The van der Waals surface area contributed by atoms with Crippen molar-refractivity contribution in [3.05, 3.63) is 34.9 Å². The molecule has 0 radical (unpaired) electrons. The molecule has 0 amide bonds. The number of benzene rings is 1. The highest BCUT2D eigenvalue weighted by atomic mass is 35.5. The maximum absolute atomic E-state index is 10.3. The van der Waals surface area contributed by atoms with Gasteiger partial charge in [-0.1, -0.05) is 23.7 Å². The minimum absolute atomic E-state index is 0.289. The number of nitrogens with zero attached hydrogens (tertiary/aromatic N) is 1. The summed E-state index contributed by atoms with van der Waals surface area (Å²) in [5.41, 5.74) is 0.855. The van der Waals surface area contributed by atoms with Gasteiger partial charge >= 0.3 is 0 Å². The van der Waals surface area contributed by atoms with Crippen molar-refractivity contribution in [3.63, 3.8) is 0 Å². The van der Waals surface area contributed by atoms with Gasteiger partial charge in [0.2, 0.25) is 0 Å². The van der Waals surface area contributed by atoms with Crippen LogP contribution in [0.3, 0.4) is 0 Å². The van der Waals surface area contributed by atoms with E-state index >= 15 is 0 Å². The van der Waals surface area contributed by atoms with Crippen LogP contribution in [0.15, 0.2) is 24.3 Å². The number of ether oxygens (including phenoxy) is 2. The fourth-order valence-corrected chi connectivity index (χ4v) is 2.48. The van der Waals surface area contributed by atoms with Gasteiger partial charge in [0.25, 0.3) is 0 Å². The number of rotatable bonds is 10. The molecule has 0 aromatic heterocycles. The lowest BCUT2D eigenvalue weighted by Crippen LogP contribution is -2.39. The molecule has 0 fully saturated rings. The summed E-state index contributed by atoms with van der Waals surface area (Å²) in [6.45, 7) is 5.05. The fraction of sp³-hybridized carbons (Fsp3) is 0.625. The SMILES string of the molecule is COCCN(CCC(O)c1cccc(Cl)c1)C(C)COC. The van der Waals surface area contributed by atoms with Crippen LogP contribution < -0.4 is 0 Å². The normalized spacial score (nSPS) is 14.4. The van der Waals surface area contributed by atoms with E-state index in [1.165, 1.54) is 0 Å². The second-order valence-corrected chi connectivity index (χ2v) is 5.63. The Labute approximate surface area is 132 Å². The summed E-state index contributed by atoms with van der Waals surface area (Å²) in [6, 6.07) is 7.66. The molecule has 0 heterocycles. The van der Waals surface area contributed by atoms with Crippen LogP contribution in [0.25, 0.3) is 0 Å². The van der Waals surface area contributed by atoms with Gasteiger partial charge in [0.1, 0.15) is 0 Å². The van der Waals surface area contributed by atoms with Crippen molar-refractivity contribution < 1.29 is 14.6 Å². The minimum atomic E-state index is -0.511. The van der Waals surface area contributed by atoms with Gasteiger partial charge in [-0.2, -0.15) is 0 Å². The second kappa shape index (κ2) is 10.1. The molecule has 0 aliphatic carbocycles. The molecule has 2 unspecified atom stereocenters. The first-order valence-corrected chi connectivity index (χ1v) is 7.61. The Morgan fingerprint density at radius 3 is 2.62 bits per heavy atom. The summed E-state index contributed by atoms with van der Waals surface area (Å²) in [5, 5.41) is 10.9. The van der Waals surface area contributed by atoms with Crippen LogP contribution in [0.4, 0.5) is 0 Å². The van der Waals surface area contributed by atoms with Gasteiger partial charge in [-0.15, -0.1) is 0 Å². The van der Waals surface area contributed by atoms with Gasteiger partial charge in [0, 0.05) is 38.4 Å². The van der Waals surface area contributed by atoms with E-state index in [1.54, 1.807) is 14.2 Å². The third-order valence-electron chi connectivity index (χ3n) is 3.54. The van der Waals surface area contributed by atoms with Crippen molar-refractivity contribution in [3.8, 4) is 0 Å². The van der Waals surface area contributed by atoms with E-state index in [-0.39, 0.29) is 6.04 Å². The summed E-state index contributed by atoms with van der Waals surface area (Å²) < 4.78 is 10.4. The Balaban J connectivity index is 2.54. The summed E-state index contributed by atoms with van der Waals surface area (Å²) in [7, 11) is 3.39. The predicted octanol–water partition coefficient (Wildman–Crippen LogP) is 2.75.